The highest BCUT2D eigenvalue weighted by Gasteiger charge is 2.34. The Hall–Kier alpha value is -4.48. The minimum absolute atomic E-state index is 0.0334. The molecule has 1 fully saturated rings. The van der Waals surface area contributed by atoms with Crippen LogP contribution < -0.4 is 21.1 Å². The number of nitrogens with zero attached hydrogens (tertiary/aromatic N) is 3. The average Bonchev–Trinajstić information content (AvgIpc) is 3.49. The van der Waals surface area contributed by atoms with Gasteiger partial charge in [-0.3, -0.25) is 19.2 Å². The van der Waals surface area contributed by atoms with Crippen molar-refractivity contribution < 1.29 is 23.9 Å². The summed E-state index contributed by atoms with van der Waals surface area (Å²) in [5.74, 6) is -1.08. The average molecular weight is 463 g/mol. The molecule has 12 heteroatoms. The molecule has 2 aromatic heterocycles. The summed E-state index contributed by atoms with van der Waals surface area (Å²) >= 11 is 0. The first kappa shape index (κ1) is 21.4. The van der Waals surface area contributed by atoms with E-state index in [1.54, 1.807) is 18.2 Å². The molecule has 0 saturated carbocycles. The van der Waals surface area contributed by atoms with Gasteiger partial charge in [0.05, 0.1) is 16.8 Å². The molecular formula is C22H21N7O5. The molecule has 5 N–H and O–H groups in total. The number of primary amides is 1. The molecule has 1 aromatic carbocycles. The van der Waals surface area contributed by atoms with E-state index < -0.39 is 17.9 Å². The summed E-state index contributed by atoms with van der Waals surface area (Å²) in [4.78, 5) is 61.8. The zero-order valence-corrected chi connectivity index (χ0v) is 18.0. The fourth-order valence-corrected chi connectivity index (χ4v) is 4.24. The largest absolute Gasteiger partial charge is 0.482 e. The molecular weight excluding hydrogens is 442 g/mol. The molecule has 2 aliphatic heterocycles. The second-order valence-corrected chi connectivity index (χ2v) is 8.06. The van der Waals surface area contributed by atoms with Crippen LogP contribution >= 0.6 is 0 Å². The molecule has 3 aromatic rings. The Balaban J connectivity index is 1.34. The number of hydrogen-bond donors (Lipinski definition) is 4. The Labute approximate surface area is 192 Å². The van der Waals surface area contributed by atoms with Crippen molar-refractivity contribution in [3.8, 4) is 5.75 Å². The lowest BCUT2D eigenvalue weighted by Crippen LogP contribution is -2.43. The predicted molar refractivity (Wildman–Crippen MR) is 119 cm³/mol. The van der Waals surface area contributed by atoms with E-state index in [0.29, 0.717) is 36.3 Å². The lowest BCUT2D eigenvalue weighted by Gasteiger charge is -2.21. The number of amides is 4. The Morgan fingerprint density at radius 3 is 2.94 bits per heavy atom. The van der Waals surface area contributed by atoms with E-state index >= 15 is 0 Å². The fourth-order valence-electron chi connectivity index (χ4n) is 4.24. The lowest BCUT2D eigenvalue weighted by atomic mass is 10.1. The molecule has 1 saturated heterocycles. The van der Waals surface area contributed by atoms with Crippen molar-refractivity contribution in [3.63, 3.8) is 0 Å². The van der Waals surface area contributed by atoms with Crippen molar-refractivity contribution >= 4 is 40.3 Å². The van der Waals surface area contributed by atoms with Gasteiger partial charge < -0.3 is 31.0 Å². The molecule has 34 heavy (non-hydrogen) atoms. The summed E-state index contributed by atoms with van der Waals surface area (Å²) in [5.41, 5.74) is 7.63. The Morgan fingerprint density at radius 2 is 2.12 bits per heavy atom. The summed E-state index contributed by atoms with van der Waals surface area (Å²) in [6.07, 6.45) is 3.87. The molecule has 1 atom stereocenters. The molecule has 0 unspecified atom stereocenters. The molecule has 0 spiro atoms. The van der Waals surface area contributed by atoms with Gasteiger partial charge in [0.15, 0.2) is 12.3 Å². The van der Waals surface area contributed by atoms with Gasteiger partial charge in [-0.1, -0.05) is 6.07 Å². The number of anilines is 1. The second-order valence-electron chi connectivity index (χ2n) is 8.06. The maximum atomic E-state index is 13.1. The van der Waals surface area contributed by atoms with E-state index in [1.165, 1.54) is 17.4 Å². The number of ether oxygens (including phenoxy) is 1. The summed E-state index contributed by atoms with van der Waals surface area (Å²) in [6.45, 7) is 0.562. The summed E-state index contributed by atoms with van der Waals surface area (Å²) in [6, 6.07) is 4.57. The fraction of sp³-hybridized carbons (Fsp3) is 0.273. The van der Waals surface area contributed by atoms with Crippen LogP contribution in [0.2, 0.25) is 0 Å². The third-order valence-corrected chi connectivity index (χ3v) is 5.88. The molecule has 0 bridgehead atoms. The number of carbonyl (C=O) groups excluding carboxylic acids is 4. The van der Waals surface area contributed by atoms with Gasteiger partial charge in [-0.15, -0.1) is 0 Å². The van der Waals surface area contributed by atoms with Gasteiger partial charge in [0.2, 0.25) is 5.91 Å². The molecule has 4 amide bonds. The van der Waals surface area contributed by atoms with Gasteiger partial charge in [-0.05, 0) is 30.5 Å². The first-order chi connectivity index (χ1) is 16.4. The van der Waals surface area contributed by atoms with Crippen LogP contribution in [0.1, 0.15) is 39.3 Å². The Kier molecular flexibility index (Phi) is 5.32. The predicted octanol–water partition coefficient (Wildman–Crippen LogP) is 0.309. The smallest absolute Gasteiger partial charge is 0.272 e. The molecule has 5 rings (SSSR count). The number of nitrogens with two attached hydrogens (primary N) is 1. The SMILES string of the molecule is NC(=O)[C@@H]1CCCN1C(=O)c1c[nH]c2c(C(=O)NCc3ccc4c(c3)NC(=O)CO4)ncnc12. The van der Waals surface area contributed by atoms with Gasteiger partial charge in [-0.25, -0.2) is 9.97 Å². The maximum absolute atomic E-state index is 13.1. The first-order valence-electron chi connectivity index (χ1n) is 10.7. The first-order valence-corrected chi connectivity index (χ1v) is 10.7. The van der Waals surface area contributed by atoms with Crippen LogP contribution in [0.25, 0.3) is 11.0 Å². The number of aromatic amines is 1. The zero-order valence-electron chi connectivity index (χ0n) is 18.0. The van der Waals surface area contributed by atoms with Crippen LogP contribution in [0.5, 0.6) is 5.75 Å². The number of nitrogens with one attached hydrogen (secondary N) is 3. The van der Waals surface area contributed by atoms with Crippen LogP contribution in [0, 0.1) is 0 Å². The topological polar surface area (TPSA) is 172 Å². The van der Waals surface area contributed by atoms with Crippen LogP contribution in [-0.4, -0.2) is 62.7 Å². The number of carbonyl (C=O) groups is 4. The number of H-pyrrole nitrogens is 1. The normalized spacial score (nSPS) is 17.1. The van der Waals surface area contributed by atoms with Crippen LogP contribution in [0.15, 0.2) is 30.7 Å². The van der Waals surface area contributed by atoms with E-state index in [4.69, 9.17) is 10.5 Å². The lowest BCUT2D eigenvalue weighted by molar-refractivity contribution is -0.121. The standard InChI is InChI=1S/C22H21N7O5/c23-20(31)14-2-1-5-29(14)22(33)12-8-24-18-17(12)26-10-27-19(18)21(32)25-7-11-3-4-15-13(6-11)28-16(30)9-34-15/h3-4,6,8,10,14,24H,1-2,5,7,9H2,(H2,23,31)(H,25,32)(H,28,30)/t14-/m0/s1. The van der Waals surface area contributed by atoms with E-state index in [2.05, 4.69) is 25.6 Å². The quantitative estimate of drug-likeness (QED) is 0.421. The van der Waals surface area contributed by atoms with Crippen molar-refractivity contribution in [2.75, 3.05) is 18.5 Å². The second kappa shape index (κ2) is 8.46. The number of benzene rings is 1. The van der Waals surface area contributed by atoms with Gasteiger partial charge >= 0.3 is 0 Å². The zero-order chi connectivity index (χ0) is 23.8. The number of likely N-dealkylation sites (tertiary alicyclic amines) is 1. The molecule has 4 heterocycles. The highest BCUT2D eigenvalue weighted by Crippen LogP contribution is 2.28. The van der Waals surface area contributed by atoms with Crippen LogP contribution in [0.4, 0.5) is 5.69 Å². The van der Waals surface area contributed by atoms with Crippen molar-refractivity contribution in [2.24, 2.45) is 5.73 Å². The van der Waals surface area contributed by atoms with E-state index in [-0.39, 0.29) is 41.7 Å². The summed E-state index contributed by atoms with van der Waals surface area (Å²) in [5, 5.41) is 5.50. The highest BCUT2D eigenvalue weighted by molar-refractivity contribution is 6.11. The third kappa shape index (κ3) is 3.78. The molecule has 0 aliphatic carbocycles. The summed E-state index contributed by atoms with van der Waals surface area (Å²) in [7, 11) is 0. The number of fused-ring (bicyclic) bond motifs is 2. The van der Waals surface area contributed by atoms with Crippen molar-refractivity contribution in [1.82, 2.24) is 25.2 Å². The molecule has 174 valence electrons. The monoisotopic (exact) mass is 463 g/mol. The van der Waals surface area contributed by atoms with Gasteiger partial charge in [-0.2, -0.15) is 0 Å². The molecule has 2 aliphatic rings. The van der Waals surface area contributed by atoms with E-state index in [0.717, 1.165) is 5.56 Å². The van der Waals surface area contributed by atoms with E-state index in [1.807, 2.05) is 0 Å². The number of aromatic nitrogens is 3. The summed E-state index contributed by atoms with van der Waals surface area (Å²) < 4.78 is 5.33. The minimum Gasteiger partial charge on any atom is -0.482 e. The van der Waals surface area contributed by atoms with Crippen molar-refractivity contribution in [3.05, 3.63) is 47.5 Å². The van der Waals surface area contributed by atoms with Crippen LogP contribution in [0.3, 0.4) is 0 Å². The van der Waals surface area contributed by atoms with Gasteiger partial charge in [0.1, 0.15) is 23.6 Å². The highest BCUT2D eigenvalue weighted by atomic mass is 16.5. The maximum Gasteiger partial charge on any atom is 0.272 e. The Bertz CT molecular complexity index is 1330. The van der Waals surface area contributed by atoms with Gasteiger partial charge in [0.25, 0.3) is 17.7 Å². The minimum atomic E-state index is -0.658. The number of rotatable bonds is 5. The Morgan fingerprint density at radius 1 is 1.26 bits per heavy atom. The number of hydrogen-bond acceptors (Lipinski definition) is 7. The molecule has 0 radical (unpaired) electrons. The third-order valence-electron chi connectivity index (χ3n) is 5.88. The van der Waals surface area contributed by atoms with Gasteiger partial charge in [0, 0.05) is 19.3 Å². The van der Waals surface area contributed by atoms with Crippen molar-refractivity contribution in [2.45, 2.75) is 25.4 Å². The van der Waals surface area contributed by atoms with E-state index in [9.17, 15) is 19.2 Å². The molecule has 12 nitrogen and oxygen atoms in total. The van der Waals surface area contributed by atoms with Crippen LogP contribution in [-0.2, 0) is 16.1 Å². The van der Waals surface area contributed by atoms with Crippen molar-refractivity contribution in [1.29, 1.82) is 0 Å².